The third kappa shape index (κ3) is 3.93. The first kappa shape index (κ1) is 17.5. The summed E-state index contributed by atoms with van der Waals surface area (Å²) in [5.41, 5.74) is 3.66. The highest BCUT2D eigenvalue weighted by atomic mass is 32.1. The van der Waals surface area contributed by atoms with Gasteiger partial charge < -0.3 is 10.1 Å². The van der Waals surface area contributed by atoms with E-state index < -0.39 is 0 Å². The van der Waals surface area contributed by atoms with E-state index in [9.17, 15) is 0 Å². The number of methoxy groups -OCH3 is 1. The number of ether oxygens (including phenoxy) is 1. The average molecular weight is 375 g/mol. The van der Waals surface area contributed by atoms with E-state index in [1.165, 1.54) is 5.56 Å². The zero-order valence-corrected chi connectivity index (χ0v) is 16.0. The van der Waals surface area contributed by atoms with Crippen LogP contribution in [-0.2, 0) is 6.42 Å². The average Bonchev–Trinajstić information content (AvgIpc) is 3.17. The van der Waals surface area contributed by atoms with Crippen molar-refractivity contribution in [3.05, 3.63) is 71.9 Å². The number of benzene rings is 2. The number of aromatic nitrogens is 2. The molecule has 0 atom stereocenters. The Bertz CT molecular complexity index is 1010. The lowest BCUT2D eigenvalue weighted by atomic mass is 10.1. The van der Waals surface area contributed by atoms with E-state index in [4.69, 9.17) is 4.74 Å². The van der Waals surface area contributed by atoms with Crippen molar-refractivity contribution in [1.82, 2.24) is 9.97 Å². The molecule has 0 aliphatic heterocycles. The maximum atomic E-state index is 5.27. The summed E-state index contributed by atoms with van der Waals surface area (Å²) < 4.78 is 5.27. The van der Waals surface area contributed by atoms with Crippen LogP contribution in [0.4, 0.5) is 5.82 Å². The van der Waals surface area contributed by atoms with E-state index in [0.29, 0.717) is 0 Å². The summed E-state index contributed by atoms with van der Waals surface area (Å²) in [4.78, 5) is 9.94. The topological polar surface area (TPSA) is 47.0 Å². The lowest BCUT2D eigenvalue weighted by Gasteiger charge is -2.09. The molecule has 2 aromatic carbocycles. The molecule has 27 heavy (non-hydrogen) atoms. The second kappa shape index (κ2) is 8.18. The van der Waals surface area contributed by atoms with E-state index in [0.717, 1.165) is 52.3 Å². The van der Waals surface area contributed by atoms with Gasteiger partial charge in [-0.1, -0.05) is 42.5 Å². The van der Waals surface area contributed by atoms with E-state index in [1.54, 1.807) is 24.8 Å². The van der Waals surface area contributed by atoms with E-state index in [1.807, 2.05) is 12.1 Å². The Hall–Kier alpha value is -2.92. The summed E-state index contributed by atoms with van der Waals surface area (Å²) in [5, 5.41) is 6.75. The van der Waals surface area contributed by atoms with Crippen LogP contribution < -0.4 is 10.1 Å². The van der Waals surface area contributed by atoms with Crippen LogP contribution in [0.2, 0.25) is 0 Å². The summed E-state index contributed by atoms with van der Waals surface area (Å²) in [7, 11) is 1.68. The summed E-state index contributed by atoms with van der Waals surface area (Å²) in [6.07, 6.45) is 3.74. The van der Waals surface area contributed by atoms with Crippen molar-refractivity contribution in [2.45, 2.75) is 12.8 Å². The van der Waals surface area contributed by atoms with Gasteiger partial charge in [-0.2, -0.15) is 0 Å². The summed E-state index contributed by atoms with van der Waals surface area (Å²) in [5.74, 6) is 1.76. The maximum Gasteiger partial charge on any atom is 0.138 e. The van der Waals surface area contributed by atoms with Gasteiger partial charge >= 0.3 is 0 Å². The van der Waals surface area contributed by atoms with Gasteiger partial charge in [-0.05, 0) is 36.1 Å². The highest BCUT2D eigenvalue weighted by Gasteiger charge is 2.13. The van der Waals surface area contributed by atoms with Crippen molar-refractivity contribution in [3.63, 3.8) is 0 Å². The fraction of sp³-hybridized carbons (Fsp3) is 0.182. The van der Waals surface area contributed by atoms with Crippen LogP contribution in [0.5, 0.6) is 5.75 Å². The van der Waals surface area contributed by atoms with Crippen LogP contribution in [0.15, 0.2) is 66.3 Å². The Labute approximate surface area is 162 Å². The third-order valence-corrected chi connectivity index (χ3v) is 5.44. The summed E-state index contributed by atoms with van der Waals surface area (Å²) in [6.45, 7) is 0.874. The van der Waals surface area contributed by atoms with Crippen LogP contribution in [0, 0.1) is 0 Å². The number of fused-ring (bicyclic) bond motifs is 1. The van der Waals surface area contributed by atoms with Gasteiger partial charge in [-0.3, -0.25) is 0 Å². The van der Waals surface area contributed by atoms with E-state index in [2.05, 4.69) is 63.1 Å². The second-order valence-electron chi connectivity index (χ2n) is 6.30. The molecule has 2 heterocycles. The highest BCUT2D eigenvalue weighted by molar-refractivity contribution is 7.17. The van der Waals surface area contributed by atoms with Crippen molar-refractivity contribution >= 4 is 27.4 Å². The third-order valence-electron chi connectivity index (χ3n) is 4.55. The van der Waals surface area contributed by atoms with Crippen LogP contribution in [0.3, 0.4) is 0 Å². The molecule has 4 aromatic rings. The fourth-order valence-corrected chi connectivity index (χ4v) is 4.05. The minimum Gasteiger partial charge on any atom is -0.497 e. The maximum absolute atomic E-state index is 5.27. The molecular formula is C22H21N3OS. The summed E-state index contributed by atoms with van der Waals surface area (Å²) in [6, 6.07) is 18.7. The minimum atomic E-state index is 0.855. The van der Waals surface area contributed by atoms with Crippen LogP contribution in [0.1, 0.15) is 12.0 Å². The quantitative estimate of drug-likeness (QED) is 0.439. The molecule has 0 aliphatic rings. The molecule has 1 N–H and O–H groups in total. The van der Waals surface area contributed by atoms with Gasteiger partial charge in [0.15, 0.2) is 0 Å². The molecule has 4 nitrogen and oxygen atoms in total. The molecule has 2 aromatic heterocycles. The van der Waals surface area contributed by atoms with E-state index in [-0.39, 0.29) is 0 Å². The van der Waals surface area contributed by atoms with Crippen molar-refractivity contribution < 1.29 is 4.74 Å². The van der Waals surface area contributed by atoms with Crippen molar-refractivity contribution in [2.24, 2.45) is 0 Å². The number of rotatable bonds is 7. The number of hydrogen-bond donors (Lipinski definition) is 1. The van der Waals surface area contributed by atoms with Crippen LogP contribution >= 0.6 is 11.3 Å². The molecular weight excluding hydrogens is 354 g/mol. The molecule has 4 rings (SSSR count). The van der Waals surface area contributed by atoms with Gasteiger partial charge in [-0.25, -0.2) is 9.97 Å². The molecule has 0 amide bonds. The molecule has 0 saturated heterocycles. The van der Waals surface area contributed by atoms with Gasteiger partial charge in [0.25, 0.3) is 0 Å². The number of nitrogens with zero attached hydrogens (tertiary/aromatic N) is 2. The van der Waals surface area contributed by atoms with Crippen LogP contribution in [-0.4, -0.2) is 23.6 Å². The Morgan fingerprint density at radius 3 is 2.59 bits per heavy atom. The Morgan fingerprint density at radius 1 is 1.00 bits per heavy atom. The van der Waals surface area contributed by atoms with Gasteiger partial charge in [0.1, 0.15) is 22.7 Å². The second-order valence-corrected chi connectivity index (χ2v) is 7.15. The highest BCUT2D eigenvalue weighted by Crippen LogP contribution is 2.36. The zero-order valence-electron chi connectivity index (χ0n) is 15.2. The number of nitrogens with one attached hydrogen (secondary N) is 1. The monoisotopic (exact) mass is 375 g/mol. The molecule has 0 aliphatic carbocycles. The van der Waals surface area contributed by atoms with Gasteiger partial charge in [0, 0.05) is 17.5 Å². The fourth-order valence-electron chi connectivity index (χ4n) is 3.14. The van der Waals surface area contributed by atoms with Gasteiger partial charge in [0.05, 0.1) is 12.5 Å². The Balaban J connectivity index is 1.53. The summed E-state index contributed by atoms with van der Waals surface area (Å²) >= 11 is 1.65. The number of thiophene rings is 1. The van der Waals surface area contributed by atoms with Crippen molar-refractivity contribution in [2.75, 3.05) is 19.0 Å². The molecule has 0 saturated carbocycles. The minimum absolute atomic E-state index is 0.855. The molecule has 136 valence electrons. The number of anilines is 1. The lowest BCUT2D eigenvalue weighted by Crippen LogP contribution is -2.05. The Morgan fingerprint density at radius 2 is 1.81 bits per heavy atom. The van der Waals surface area contributed by atoms with Crippen molar-refractivity contribution in [3.8, 4) is 16.9 Å². The molecule has 5 heteroatoms. The van der Waals surface area contributed by atoms with Crippen molar-refractivity contribution in [1.29, 1.82) is 0 Å². The largest absolute Gasteiger partial charge is 0.497 e. The predicted molar refractivity (Wildman–Crippen MR) is 113 cm³/mol. The van der Waals surface area contributed by atoms with E-state index >= 15 is 0 Å². The Kier molecular flexibility index (Phi) is 5.30. The molecule has 0 unspecified atom stereocenters. The molecule has 0 spiro atoms. The smallest absolute Gasteiger partial charge is 0.138 e. The van der Waals surface area contributed by atoms with Crippen LogP contribution in [0.25, 0.3) is 21.3 Å². The predicted octanol–water partition coefficient (Wildman–Crippen LogP) is 5.41. The normalized spacial score (nSPS) is 10.9. The number of hydrogen-bond acceptors (Lipinski definition) is 5. The molecule has 0 bridgehead atoms. The molecule has 0 radical (unpaired) electrons. The van der Waals surface area contributed by atoms with Gasteiger partial charge in [-0.15, -0.1) is 11.3 Å². The first-order valence-corrected chi connectivity index (χ1v) is 9.87. The SMILES string of the molecule is COc1ccc(-c2csc3ncnc(NCCCc4ccccc4)c23)cc1. The zero-order chi connectivity index (χ0) is 18.5. The first-order valence-electron chi connectivity index (χ1n) is 8.99. The van der Waals surface area contributed by atoms with Gasteiger partial charge in [0.2, 0.25) is 0 Å². The first-order chi connectivity index (χ1) is 13.3. The number of aryl methyl sites for hydroxylation is 1. The standard InChI is InChI=1S/C22H21N3OS/c1-26-18-11-9-17(10-12-18)19-14-27-22-20(19)21(24-15-25-22)23-13-5-8-16-6-3-2-4-7-16/h2-4,6-7,9-12,14-15H,5,8,13H2,1H3,(H,23,24,25). The lowest BCUT2D eigenvalue weighted by molar-refractivity contribution is 0.415. The molecule has 0 fully saturated rings.